The Morgan fingerprint density at radius 3 is 2.24 bits per heavy atom. The second-order valence-electron chi connectivity index (χ2n) is 10.5. The molecular weight excluding hydrogens is 444 g/mol. The third kappa shape index (κ3) is 5.05. The van der Waals surface area contributed by atoms with Gasteiger partial charge in [0.15, 0.2) is 0 Å². The number of aryl methyl sites for hydroxylation is 1. The van der Waals surface area contributed by atoms with Crippen LogP contribution in [0.2, 0.25) is 0 Å². The van der Waals surface area contributed by atoms with Crippen LogP contribution in [0, 0.1) is 11.8 Å². The van der Waals surface area contributed by atoms with E-state index in [0.29, 0.717) is 0 Å². The number of unbranched alkanes of at least 4 members (excludes halogenated alkanes) is 5. The maximum absolute atomic E-state index is 3.39. The van der Waals surface area contributed by atoms with E-state index in [4.69, 9.17) is 0 Å². The molecule has 5 aromatic carbocycles. The molecule has 0 heterocycles. The van der Waals surface area contributed by atoms with E-state index in [2.05, 4.69) is 110 Å². The lowest BCUT2D eigenvalue weighted by atomic mass is 9.94. The molecule has 0 saturated heterocycles. The van der Waals surface area contributed by atoms with E-state index in [9.17, 15) is 0 Å². The molecule has 1 aliphatic rings. The highest BCUT2D eigenvalue weighted by molar-refractivity contribution is 6.14. The van der Waals surface area contributed by atoms with Crippen molar-refractivity contribution >= 4 is 38.4 Å². The molecule has 0 nitrogen and oxygen atoms in total. The SMILES string of the molecule is CCCCCCCCc1ccc(C#Cc2ccc3cc4c(ccc5c6c(ccc54)CC=C6)cc3c2)cc1. The van der Waals surface area contributed by atoms with Crippen molar-refractivity contribution in [3.8, 4) is 11.8 Å². The summed E-state index contributed by atoms with van der Waals surface area (Å²) in [6.45, 7) is 2.27. The highest BCUT2D eigenvalue weighted by atomic mass is 14.1. The normalized spacial score (nSPS) is 12.2. The Kier molecular flexibility index (Phi) is 6.79. The second kappa shape index (κ2) is 10.7. The first-order valence-electron chi connectivity index (χ1n) is 14.0. The van der Waals surface area contributed by atoms with Gasteiger partial charge in [0.05, 0.1) is 0 Å². The fourth-order valence-electron chi connectivity index (χ4n) is 5.72. The largest absolute Gasteiger partial charge is 0.0795 e. The molecule has 0 N–H and O–H groups in total. The Morgan fingerprint density at radius 1 is 0.595 bits per heavy atom. The summed E-state index contributed by atoms with van der Waals surface area (Å²) in [6.07, 6.45) is 14.8. The number of hydrogen-bond acceptors (Lipinski definition) is 0. The van der Waals surface area contributed by atoms with Gasteiger partial charge >= 0.3 is 0 Å². The summed E-state index contributed by atoms with van der Waals surface area (Å²) in [6, 6.07) is 29.2. The maximum Gasteiger partial charge on any atom is 0.0255 e. The van der Waals surface area contributed by atoms with E-state index in [1.807, 2.05) is 0 Å². The lowest BCUT2D eigenvalue weighted by Gasteiger charge is -2.10. The van der Waals surface area contributed by atoms with Crippen molar-refractivity contribution < 1.29 is 0 Å². The molecular formula is C37H34. The number of rotatable bonds is 7. The number of fused-ring (bicyclic) bond motifs is 6. The fraction of sp³-hybridized carbons (Fsp3) is 0.243. The molecule has 0 aromatic heterocycles. The van der Waals surface area contributed by atoms with Gasteiger partial charge in [-0.15, -0.1) is 0 Å². The standard InChI is InChI=1S/C37H34/c1-2-3-4-5-6-7-9-27-12-14-28(15-13-27)16-17-29-18-19-31-26-37-32(25-33(31)24-29)21-23-35-34-11-8-10-30(34)20-22-36(35)37/h8,11-15,18-26H,2-7,9-10H2,1H3. The molecule has 6 rings (SSSR count). The minimum absolute atomic E-state index is 1.05. The van der Waals surface area contributed by atoms with Gasteiger partial charge in [-0.2, -0.15) is 0 Å². The molecule has 182 valence electrons. The maximum atomic E-state index is 3.39. The van der Waals surface area contributed by atoms with E-state index in [0.717, 1.165) is 17.5 Å². The third-order valence-electron chi connectivity index (χ3n) is 7.85. The molecule has 0 fully saturated rings. The van der Waals surface area contributed by atoms with E-state index >= 15 is 0 Å². The van der Waals surface area contributed by atoms with Gasteiger partial charge in [0, 0.05) is 11.1 Å². The van der Waals surface area contributed by atoms with Gasteiger partial charge in [-0.25, -0.2) is 0 Å². The quantitative estimate of drug-likeness (QED) is 0.0944. The Hall–Kier alpha value is -3.82. The second-order valence-corrected chi connectivity index (χ2v) is 10.5. The molecule has 0 radical (unpaired) electrons. The lowest BCUT2D eigenvalue weighted by Crippen LogP contribution is -1.87. The van der Waals surface area contributed by atoms with Crippen LogP contribution in [-0.2, 0) is 12.8 Å². The minimum Gasteiger partial charge on any atom is -0.0795 e. The highest BCUT2D eigenvalue weighted by Gasteiger charge is 2.11. The Morgan fingerprint density at radius 2 is 1.35 bits per heavy atom. The van der Waals surface area contributed by atoms with Gasteiger partial charge in [-0.1, -0.05) is 105 Å². The first-order chi connectivity index (χ1) is 18.3. The molecule has 1 aliphatic carbocycles. The number of allylic oxidation sites excluding steroid dienone is 1. The van der Waals surface area contributed by atoms with Gasteiger partial charge in [0.25, 0.3) is 0 Å². The van der Waals surface area contributed by atoms with Crippen LogP contribution in [0.1, 0.15) is 73.3 Å². The van der Waals surface area contributed by atoms with Crippen molar-refractivity contribution in [1.29, 1.82) is 0 Å². The summed E-state index contributed by atoms with van der Waals surface area (Å²) < 4.78 is 0. The zero-order valence-electron chi connectivity index (χ0n) is 21.8. The molecule has 0 aliphatic heterocycles. The van der Waals surface area contributed by atoms with Gasteiger partial charge in [0.1, 0.15) is 0 Å². The van der Waals surface area contributed by atoms with Crippen LogP contribution in [0.3, 0.4) is 0 Å². The molecule has 0 saturated carbocycles. The van der Waals surface area contributed by atoms with Gasteiger partial charge in [0.2, 0.25) is 0 Å². The first-order valence-corrected chi connectivity index (χ1v) is 14.0. The van der Waals surface area contributed by atoms with Gasteiger partial charge in [-0.05, 0) is 105 Å². The summed E-state index contributed by atoms with van der Waals surface area (Å²) in [7, 11) is 0. The minimum atomic E-state index is 1.05. The lowest BCUT2D eigenvalue weighted by molar-refractivity contribution is 0.607. The van der Waals surface area contributed by atoms with Crippen molar-refractivity contribution in [2.45, 2.75) is 58.3 Å². The van der Waals surface area contributed by atoms with Gasteiger partial charge < -0.3 is 0 Å². The van der Waals surface area contributed by atoms with E-state index in [1.165, 1.54) is 94.0 Å². The van der Waals surface area contributed by atoms with Crippen molar-refractivity contribution in [1.82, 2.24) is 0 Å². The number of benzene rings is 5. The first kappa shape index (κ1) is 23.6. The Labute approximate surface area is 221 Å². The average molecular weight is 479 g/mol. The molecule has 0 bridgehead atoms. The average Bonchev–Trinajstić information content (AvgIpc) is 3.42. The molecule has 0 spiro atoms. The van der Waals surface area contributed by atoms with Crippen LogP contribution >= 0.6 is 0 Å². The van der Waals surface area contributed by atoms with Crippen molar-refractivity contribution in [3.63, 3.8) is 0 Å². The van der Waals surface area contributed by atoms with Crippen LogP contribution in [-0.4, -0.2) is 0 Å². The molecule has 0 atom stereocenters. The summed E-state index contributed by atoms with van der Waals surface area (Å²) in [5.41, 5.74) is 6.39. The van der Waals surface area contributed by atoms with Crippen molar-refractivity contribution in [2.75, 3.05) is 0 Å². The summed E-state index contributed by atoms with van der Waals surface area (Å²) in [5.74, 6) is 6.76. The summed E-state index contributed by atoms with van der Waals surface area (Å²) in [4.78, 5) is 0. The smallest absolute Gasteiger partial charge is 0.0255 e. The summed E-state index contributed by atoms with van der Waals surface area (Å²) in [5, 5.41) is 7.82. The molecule has 0 unspecified atom stereocenters. The molecule has 5 aromatic rings. The molecule has 37 heavy (non-hydrogen) atoms. The Balaban J connectivity index is 1.20. The van der Waals surface area contributed by atoms with Crippen LogP contribution in [0.4, 0.5) is 0 Å². The van der Waals surface area contributed by atoms with Crippen molar-refractivity contribution in [3.05, 3.63) is 113 Å². The van der Waals surface area contributed by atoms with Crippen molar-refractivity contribution in [2.24, 2.45) is 0 Å². The zero-order valence-corrected chi connectivity index (χ0v) is 21.8. The molecule has 0 heteroatoms. The highest BCUT2D eigenvalue weighted by Crippen LogP contribution is 2.35. The fourth-order valence-corrected chi connectivity index (χ4v) is 5.72. The van der Waals surface area contributed by atoms with E-state index in [-0.39, 0.29) is 0 Å². The monoisotopic (exact) mass is 478 g/mol. The van der Waals surface area contributed by atoms with Crippen LogP contribution < -0.4 is 0 Å². The van der Waals surface area contributed by atoms with Crippen LogP contribution in [0.25, 0.3) is 38.4 Å². The van der Waals surface area contributed by atoms with E-state index < -0.39 is 0 Å². The van der Waals surface area contributed by atoms with Crippen LogP contribution in [0.15, 0.2) is 84.9 Å². The van der Waals surface area contributed by atoms with Crippen LogP contribution in [0.5, 0.6) is 0 Å². The summed E-state index contributed by atoms with van der Waals surface area (Å²) >= 11 is 0. The van der Waals surface area contributed by atoms with Gasteiger partial charge in [-0.3, -0.25) is 0 Å². The zero-order chi connectivity index (χ0) is 25.0. The Bertz CT molecular complexity index is 1670. The molecule has 0 amide bonds. The number of hydrogen-bond donors (Lipinski definition) is 0. The third-order valence-corrected chi connectivity index (χ3v) is 7.85. The predicted molar refractivity (Wildman–Crippen MR) is 161 cm³/mol. The predicted octanol–water partition coefficient (Wildman–Crippen LogP) is 10.0. The van der Waals surface area contributed by atoms with E-state index in [1.54, 1.807) is 0 Å². The topological polar surface area (TPSA) is 0 Å².